The lowest BCUT2D eigenvalue weighted by Crippen LogP contribution is -2.26. The molecule has 1 fully saturated rings. The molecule has 8 rings (SSSR count). The summed E-state index contributed by atoms with van der Waals surface area (Å²) >= 11 is 6.34. The largest absolute Gasteiger partial charge is 0.359 e. The van der Waals surface area contributed by atoms with Crippen LogP contribution >= 0.6 is 11.6 Å². The second-order valence-corrected chi connectivity index (χ2v) is 11.6. The van der Waals surface area contributed by atoms with Crippen LogP contribution in [0.4, 0.5) is 14.5 Å². The molecule has 2 aliphatic heterocycles. The van der Waals surface area contributed by atoms with E-state index in [0.29, 0.717) is 27.8 Å². The minimum absolute atomic E-state index is 0.141. The van der Waals surface area contributed by atoms with Crippen molar-refractivity contribution in [1.82, 2.24) is 29.5 Å². The van der Waals surface area contributed by atoms with Crippen molar-refractivity contribution in [3.63, 3.8) is 0 Å². The Kier molecular flexibility index (Phi) is 5.52. The molecule has 0 bridgehead atoms. The van der Waals surface area contributed by atoms with E-state index >= 15 is 0 Å². The van der Waals surface area contributed by atoms with Crippen molar-refractivity contribution < 1.29 is 8.78 Å². The summed E-state index contributed by atoms with van der Waals surface area (Å²) in [6, 6.07) is 14.7. The summed E-state index contributed by atoms with van der Waals surface area (Å²) in [6.45, 7) is 4.03. The maximum Gasteiger partial charge on any atom is 0.283 e. The number of anilines is 1. The van der Waals surface area contributed by atoms with Crippen LogP contribution in [0.1, 0.15) is 53.9 Å². The average molecular weight is 584 g/mol. The zero-order valence-electron chi connectivity index (χ0n) is 22.2. The lowest BCUT2D eigenvalue weighted by atomic mass is 9.99. The van der Waals surface area contributed by atoms with Crippen LogP contribution in [-0.4, -0.2) is 29.5 Å². The fraction of sp³-hybridized carbons (Fsp3) is 0.226. The minimum atomic E-state index is -2.74. The molecule has 42 heavy (non-hydrogen) atoms. The molecule has 0 spiro atoms. The number of aromatic amines is 1. The third-order valence-electron chi connectivity index (χ3n) is 8.55. The number of hydrogen-bond acceptors (Lipinski definition) is 5. The van der Waals surface area contributed by atoms with E-state index in [0.717, 1.165) is 53.4 Å². The quantitative estimate of drug-likeness (QED) is 0.241. The van der Waals surface area contributed by atoms with Gasteiger partial charge < -0.3 is 14.9 Å². The molecule has 210 valence electrons. The van der Waals surface area contributed by atoms with Gasteiger partial charge in [-0.3, -0.25) is 4.79 Å². The van der Waals surface area contributed by atoms with E-state index < -0.39 is 12.1 Å². The second kappa shape index (κ2) is 9.22. The molecular weight excluding hydrogens is 560 g/mol. The van der Waals surface area contributed by atoms with Gasteiger partial charge in [-0.25, -0.2) is 18.4 Å². The zero-order valence-corrected chi connectivity index (χ0v) is 22.9. The number of rotatable bonds is 5. The fourth-order valence-electron chi connectivity index (χ4n) is 6.48. The third-order valence-corrected chi connectivity index (χ3v) is 8.79. The number of nitrogens with zero attached hydrogens (tertiary/aromatic N) is 5. The number of aromatic nitrogens is 6. The Morgan fingerprint density at radius 1 is 1.07 bits per heavy atom. The molecule has 2 N–H and O–H groups in total. The maximum absolute atomic E-state index is 13.7. The number of fused-ring (bicyclic) bond motifs is 4. The van der Waals surface area contributed by atoms with E-state index in [4.69, 9.17) is 16.6 Å². The van der Waals surface area contributed by atoms with Gasteiger partial charge >= 0.3 is 0 Å². The molecule has 0 radical (unpaired) electrons. The monoisotopic (exact) mass is 583 g/mol. The van der Waals surface area contributed by atoms with Gasteiger partial charge in [0.05, 0.1) is 29.8 Å². The van der Waals surface area contributed by atoms with Gasteiger partial charge in [-0.15, -0.1) is 5.10 Å². The number of aryl methyl sites for hydroxylation is 1. The van der Waals surface area contributed by atoms with Crippen molar-refractivity contribution in [2.75, 3.05) is 5.32 Å². The van der Waals surface area contributed by atoms with Gasteiger partial charge in [-0.05, 0) is 78.8 Å². The van der Waals surface area contributed by atoms with Gasteiger partial charge in [-0.2, -0.15) is 0 Å². The predicted molar refractivity (Wildman–Crippen MR) is 155 cm³/mol. The number of benzene rings is 2. The topological polar surface area (TPSA) is 93.4 Å². The van der Waals surface area contributed by atoms with E-state index in [9.17, 15) is 13.6 Å². The summed E-state index contributed by atoms with van der Waals surface area (Å²) in [4.78, 5) is 21.9. The van der Waals surface area contributed by atoms with Crippen LogP contribution in [0, 0.1) is 5.92 Å². The summed E-state index contributed by atoms with van der Waals surface area (Å²) in [5.74, 6) is 1.31. The standard InChI is InChI=1S/C31H24ClF2N7O/c1-15-2-3-16-8-17(4-6-23(16)36-15)31-35-13-24(37-31)29-22-12-21(22)27-9-18(10-28(42)41(27)29)20-11-19(32)5-7-26(20)40-14-25(30(33)34)38-39-40/h4-11,13-14,21-22,29-30,36H,1-3,12H2,(H,35,37). The van der Waals surface area contributed by atoms with E-state index in [1.807, 2.05) is 22.9 Å². The molecule has 1 aliphatic carbocycles. The van der Waals surface area contributed by atoms with Crippen molar-refractivity contribution >= 4 is 17.3 Å². The van der Waals surface area contributed by atoms with Crippen molar-refractivity contribution in [3.05, 3.63) is 111 Å². The number of pyridine rings is 1. The average Bonchev–Trinajstić information content (AvgIpc) is 3.30. The molecule has 8 nitrogen and oxygen atoms in total. The number of imidazole rings is 1. The first-order valence-electron chi connectivity index (χ1n) is 13.7. The number of alkyl halides is 2. The van der Waals surface area contributed by atoms with Gasteiger partial charge in [0.1, 0.15) is 11.5 Å². The molecule has 0 saturated heterocycles. The molecule has 11 heteroatoms. The number of nitrogens with one attached hydrogen (secondary N) is 2. The first-order chi connectivity index (χ1) is 20.3. The van der Waals surface area contributed by atoms with E-state index in [-0.39, 0.29) is 17.5 Å². The molecule has 3 atom stereocenters. The Morgan fingerprint density at radius 3 is 2.79 bits per heavy atom. The third kappa shape index (κ3) is 4.00. The van der Waals surface area contributed by atoms with Crippen molar-refractivity contribution in [2.45, 2.75) is 37.6 Å². The summed E-state index contributed by atoms with van der Waals surface area (Å²) in [5, 5.41) is 11.3. The van der Waals surface area contributed by atoms with E-state index in [1.165, 1.54) is 16.4 Å². The van der Waals surface area contributed by atoms with Gasteiger partial charge in [0.15, 0.2) is 0 Å². The highest BCUT2D eigenvalue weighted by Crippen LogP contribution is 2.60. The molecule has 1 saturated carbocycles. The molecule has 5 aromatic rings. The van der Waals surface area contributed by atoms with Crippen LogP contribution in [0.15, 0.2) is 78.0 Å². The lowest BCUT2D eigenvalue weighted by molar-refractivity contribution is 0.146. The van der Waals surface area contributed by atoms with E-state index in [2.05, 4.69) is 39.3 Å². The maximum atomic E-state index is 13.7. The first-order valence-corrected chi connectivity index (χ1v) is 14.1. The van der Waals surface area contributed by atoms with Crippen molar-refractivity contribution in [2.24, 2.45) is 5.92 Å². The zero-order chi connectivity index (χ0) is 28.7. The van der Waals surface area contributed by atoms with Gasteiger partial charge in [-0.1, -0.05) is 23.4 Å². The van der Waals surface area contributed by atoms with Gasteiger partial charge in [0.2, 0.25) is 0 Å². The molecular formula is C31H24ClF2N7O. The molecule has 5 heterocycles. The SMILES string of the molecule is C=C1CCc2cc(-c3ncc(C4C5CC5c5cc(-c6cc(Cl)ccc6-n6cc(C(F)F)nn6)cc(=O)n54)[nH]3)ccc2N1. The highest BCUT2D eigenvalue weighted by atomic mass is 35.5. The molecule has 2 aromatic carbocycles. The van der Waals surface area contributed by atoms with Crippen molar-refractivity contribution in [3.8, 4) is 28.2 Å². The minimum Gasteiger partial charge on any atom is -0.359 e. The normalized spacial score (nSPS) is 20.3. The highest BCUT2D eigenvalue weighted by molar-refractivity contribution is 6.31. The summed E-state index contributed by atoms with van der Waals surface area (Å²) in [7, 11) is 0. The predicted octanol–water partition coefficient (Wildman–Crippen LogP) is 6.66. The molecule has 3 aromatic heterocycles. The number of H-pyrrole nitrogens is 1. The summed E-state index contributed by atoms with van der Waals surface area (Å²) in [6.07, 6.45) is 3.09. The van der Waals surface area contributed by atoms with Crippen LogP contribution in [0.25, 0.3) is 28.2 Å². The van der Waals surface area contributed by atoms with Gasteiger partial charge in [0.25, 0.3) is 12.0 Å². The van der Waals surface area contributed by atoms with Crippen molar-refractivity contribution in [1.29, 1.82) is 0 Å². The first kappa shape index (κ1) is 25.2. The molecule has 3 unspecified atom stereocenters. The Balaban J connectivity index is 1.16. The van der Waals surface area contributed by atoms with Crippen LogP contribution in [0.5, 0.6) is 0 Å². The Morgan fingerprint density at radius 2 is 1.95 bits per heavy atom. The second-order valence-electron chi connectivity index (χ2n) is 11.2. The Bertz CT molecular complexity index is 1980. The lowest BCUT2D eigenvalue weighted by Gasteiger charge is -2.20. The van der Waals surface area contributed by atoms with Crippen LogP contribution in [0.3, 0.4) is 0 Å². The molecule has 3 aliphatic rings. The summed E-state index contributed by atoms with van der Waals surface area (Å²) in [5.41, 5.74) is 7.38. The summed E-state index contributed by atoms with van der Waals surface area (Å²) < 4.78 is 29.5. The number of halogens is 3. The smallest absolute Gasteiger partial charge is 0.283 e. The van der Waals surface area contributed by atoms with E-state index in [1.54, 1.807) is 24.3 Å². The van der Waals surface area contributed by atoms with Crippen LogP contribution < -0.4 is 10.9 Å². The van der Waals surface area contributed by atoms with Gasteiger partial charge in [0, 0.05) is 45.2 Å². The number of hydrogen-bond donors (Lipinski definition) is 2. The highest BCUT2D eigenvalue weighted by Gasteiger charge is 2.53. The Labute approximate surface area is 243 Å². The molecule has 0 amide bonds. The number of allylic oxidation sites excluding steroid dienone is 1. The fourth-order valence-corrected chi connectivity index (χ4v) is 6.65. The van der Waals surface area contributed by atoms with Crippen LogP contribution in [0.2, 0.25) is 5.02 Å². The van der Waals surface area contributed by atoms with Crippen LogP contribution in [-0.2, 0) is 6.42 Å². The Hall–Kier alpha value is -4.57.